The topological polar surface area (TPSA) is 52.9 Å². The highest BCUT2D eigenvalue weighted by Crippen LogP contribution is 2.33. The predicted octanol–water partition coefficient (Wildman–Crippen LogP) is 5.27. The Labute approximate surface area is 151 Å². The van der Waals surface area contributed by atoms with E-state index in [1.807, 2.05) is 67.6 Å². The lowest BCUT2D eigenvalue weighted by Gasteiger charge is -2.12. The van der Waals surface area contributed by atoms with Gasteiger partial charge in [0.15, 0.2) is 0 Å². The molecule has 0 saturated carbocycles. The highest BCUT2D eigenvalue weighted by atomic mass is 32.2. The first-order chi connectivity index (χ1) is 12.2. The minimum atomic E-state index is -0.160. The molecule has 0 saturated heterocycles. The molecule has 122 valence electrons. The molecule has 0 aliphatic heterocycles. The van der Waals surface area contributed by atoms with Crippen LogP contribution in [0.2, 0.25) is 0 Å². The van der Waals surface area contributed by atoms with Crippen molar-refractivity contribution in [3.8, 4) is 6.07 Å². The van der Waals surface area contributed by atoms with E-state index in [0.29, 0.717) is 11.1 Å². The zero-order valence-corrected chi connectivity index (χ0v) is 14.5. The number of nitriles is 1. The second-order valence-electron chi connectivity index (χ2n) is 5.48. The predicted molar refractivity (Wildman–Crippen MR) is 101 cm³/mol. The number of carbonyl (C=O) groups excluding carboxylic acids is 1. The molecular weight excluding hydrogens is 328 g/mol. The van der Waals surface area contributed by atoms with Gasteiger partial charge in [0.1, 0.15) is 6.07 Å². The van der Waals surface area contributed by atoms with Crippen molar-refractivity contribution in [1.82, 2.24) is 0 Å². The van der Waals surface area contributed by atoms with Crippen LogP contribution >= 0.6 is 11.8 Å². The standard InChI is InChI=1S/C21H16N2OS/c1-15-8-2-5-11-18(15)23-21(24)17-10-4-7-13-20(17)25-19-12-6-3-9-16(19)14-22/h2-13H,1H3,(H,23,24). The summed E-state index contributed by atoms with van der Waals surface area (Å²) in [5.41, 5.74) is 2.99. The van der Waals surface area contributed by atoms with Gasteiger partial charge in [-0.25, -0.2) is 0 Å². The number of para-hydroxylation sites is 1. The molecule has 0 fully saturated rings. The summed E-state index contributed by atoms with van der Waals surface area (Å²) >= 11 is 1.43. The Morgan fingerprint density at radius 2 is 1.56 bits per heavy atom. The van der Waals surface area contributed by atoms with E-state index in [-0.39, 0.29) is 5.91 Å². The number of aryl methyl sites for hydroxylation is 1. The van der Waals surface area contributed by atoms with Crippen LogP contribution in [0.5, 0.6) is 0 Å². The van der Waals surface area contributed by atoms with E-state index in [4.69, 9.17) is 0 Å². The van der Waals surface area contributed by atoms with E-state index >= 15 is 0 Å². The molecule has 3 rings (SSSR count). The van der Waals surface area contributed by atoms with Crippen LogP contribution in [-0.2, 0) is 0 Å². The maximum Gasteiger partial charge on any atom is 0.256 e. The van der Waals surface area contributed by atoms with Crippen molar-refractivity contribution in [1.29, 1.82) is 5.26 Å². The second kappa shape index (κ2) is 7.69. The van der Waals surface area contributed by atoms with Gasteiger partial charge in [-0.05, 0) is 42.8 Å². The molecule has 0 aromatic heterocycles. The first-order valence-electron chi connectivity index (χ1n) is 7.82. The van der Waals surface area contributed by atoms with Crippen molar-refractivity contribution in [2.24, 2.45) is 0 Å². The van der Waals surface area contributed by atoms with Crippen LogP contribution < -0.4 is 5.32 Å². The first-order valence-corrected chi connectivity index (χ1v) is 8.63. The first kappa shape index (κ1) is 16.8. The minimum absolute atomic E-state index is 0.160. The molecule has 4 heteroatoms. The minimum Gasteiger partial charge on any atom is -0.322 e. The van der Waals surface area contributed by atoms with Gasteiger partial charge in [0.05, 0.1) is 11.1 Å². The number of rotatable bonds is 4. The summed E-state index contributed by atoms with van der Waals surface area (Å²) in [6.07, 6.45) is 0. The van der Waals surface area contributed by atoms with Gasteiger partial charge >= 0.3 is 0 Å². The quantitative estimate of drug-likeness (QED) is 0.701. The summed E-state index contributed by atoms with van der Waals surface area (Å²) in [4.78, 5) is 14.4. The molecule has 1 N–H and O–H groups in total. The highest BCUT2D eigenvalue weighted by molar-refractivity contribution is 7.99. The number of hydrogen-bond donors (Lipinski definition) is 1. The summed E-state index contributed by atoms with van der Waals surface area (Å²) in [7, 11) is 0. The Morgan fingerprint density at radius 3 is 2.32 bits per heavy atom. The Hall–Kier alpha value is -3.03. The van der Waals surface area contributed by atoms with E-state index in [1.165, 1.54) is 11.8 Å². The summed E-state index contributed by atoms with van der Waals surface area (Å²) in [5.74, 6) is -0.160. The Kier molecular flexibility index (Phi) is 5.17. The van der Waals surface area contributed by atoms with E-state index in [0.717, 1.165) is 21.0 Å². The van der Waals surface area contributed by atoms with Crippen molar-refractivity contribution in [2.45, 2.75) is 16.7 Å². The molecular formula is C21H16N2OS. The monoisotopic (exact) mass is 344 g/mol. The largest absolute Gasteiger partial charge is 0.322 e. The third-order valence-corrected chi connectivity index (χ3v) is 4.90. The molecule has 0 aliphatic rings. The molecule has 0 spiro atoms. The Morgan fingerprint density at radius 1 is 0.920 bits per heavy atom. The number of amides is 1. The summed E-state index contributed by atoms with van der Waals surface area (Å²) < 4.78 is 0. The molecule has 0 atom stereocenters. The van der Waals surface area contributed by atoms with Crippen molar-refractivity contribution >= 4 is 23.4 Å². The highest BCUT2D eigenvalue weighted by Gasteiger charge is 2.14. The Balaban J connectivity index is 1.90. The zero-order chi connectivity index (χ0) is 17.6. The van der Waals surface area contributed by atoms with Crippen molar-refractivity contribution in [2.75, 3.05) is 5.32 Å². The average Bonchev–Trinajstić information content (AvgIpc) is 2.64. The molecule has 3 aromatic carbocycles. The molecule has 3 aromatic rings. The van der Waals surface area contributed by atoms with Gasteiger partial charge in [-0.2, -0.15) is 5.26 Å². The third kappa shape index (κ3) is 3.90. The van der Waals surface area contributed by atoms with Crippen molar-refractivity contribution < 1.29 is 4.79 Å². The number of nitrogens with zero attached hydrogens (tertiary/aromatic N) is 1. The van der Waals surface area contributed by atoms with Gasteiger partial charge in [0.2, 0.25) is 0 Å². The second-order valence-corrected chi connectivity index (χ2v) is 6.56. The summed E-state index contributed by atoms with van der Waals surface area (Å²) in [6, 6.07) is 24.7. The summed E-state index contributed by atoms with van der Waals surface area (Å²) in [6.45, 7) is 1.96. The maximum absolute atomic E-state index is 12.7. The fourth-order valence-electron chi connectivity index (χ4n) is 2.41. The van der Waals surface area contributed by atoms with E-state index < -0.39 is 0 Å². The van der Waals surface area contributed by atoms with Gasteiger partial charge in [-0.1, -0.05) is 54.2 Å². The molecule has 0 heterocycles. The SMILES string of the molecule is Cc1ccccc1NC(=O)c1ccccc1Sc1ccccc1C#N. The number of anilines is 1. The average molecular weight is 344 g/mol. The molecule has 3 nitrogen and oxygen atoms in total. The lowest BCUT2D eigenvalue weighted by Crippen LogP contribution is -2.13. The van der Waals surface area contributed by atoms with Gasteiger partial charge in [-0.3, -0.25) is 4.79 Å². The number of carbonyl (C=O) groups is 1. The van der Waals surface area contributed by atoms with Crippen LogP contribution in [0, 0.1) is 18.3 Å². The molecule has 0 unspecified atom stereocenters. The maximum atomic E-state index is 12.7. The Bertz CT molecular complexity index is 960. The summed E-state index contributed by atoms with van der Waals surface area (Å²) in [5, 5.41) is 12.2. The number of nitrogens with one attached hydrogen (secondary N) is 1. The van der Waals surface area contributed by atoms with Gasteiger partial charge < -0.3 is 5.32 Å². The van der Waals surface area contributed by atoms with Gasteiger partial charge in [0, 0.05) is 15.5 Å². The van der Waals surface area contributed by atoms with Crippen LogP contribution in [0.4, 0.5) is 5.69 Å². The van der Waals surface area contributed by atoms with E-state index in [2.05, 4.69) is 11.4 Å². The zero-order valence-electron chi connectivity index (χ0n) is 13.7. The van der Waals surface area contributed by atoms with Crippen LogP contribution in [-0.4, -0.2) is 5.91 Å². The van der Waals surface area contributed by atoms with E-state index in [9.17, 15) is 10.1 Å². The lowest BCUT2D eigenvalue weighted by atomic mass is 10.1. The van der Waals surface area contributed by atoms with Crippen LogP contribution in [0.3, 0.4) is 0 Å². The molecule has 0 bridgehead atoms. The van der Waals surface area contributed by atoms with Crippen molar-refractivity contribution in [3.63, 3.8) is 0 Å². The fraction of sp³-hybridized carbons (Fsp3) is 0.0476. The number of hydrogen-bond acceptors (Lipinski definition) is 3. The molecule has 0 aliphatic carbocycles. The molecule has 1 amide bonds. The smallest absolute Gasteiger partial charge is 0.256 e. The molecule has 0 radical (unpaired) electrons. The third-order valence-electron chi connectivity index (χ3n) is 3.75. The molecule has 25 heavy (non-hydrogen) atoms. The normalized spacial score (nSPS) is 10.1. The van der Waals surface area contributed by atoms with Crippen LogP contribution in [0.15, 0.2) is 82.6 Å². The van der Waals surface area contributed by atoms with Gasteiger partial charge in [-0.15, -0.1) is 0 Å². The van der Waals surface area contributed by atoms with Crippen LogP contribution in [0.1, 0.15) is 21.5 Å². The van der Waals surface area contributed by atoms with Crippen molar-refractivity contribution in [3.05, 3.63) is 89.5 Å². The van der Waals surface area contributed by atoms with E-state index in [1.54, 1.807) is 12.1 Å². The lowest BCUT2D eigenvalue weighted by molar-refractivity contribution is 0.102. The van der Waals surface area contributed by atoms with Crippen LogP contribution in [0.25, 0.3) is 0 Å². The van der Waals surface area contributed by atoms with Gasteiger partial charge in [0.25, 0.3) is 5.91 Å². The fourth-order valence-corrected chi connectivity index (χ4v) is 3.44. The number of benzene rings is 3.